The smallest absolute Gasteiger partial charge is 0.310 e. The van der Waals surface area contributed by atoms with Gasteiger partial charge in [0.1, 0.15) is 8.07 Å². The predicted molar refractivity (Wildman–Crippen MR) is 96.7 cm³/mol. The predicted octanol–water partition coefficient (Wildman–Crippen LogP) is 4.09. The zero-order valence-electron chi connectivity index (χ0n) is 14.1. The van der Waals surface area contributed by atoms with Gasteiger partial charge in [0.05, 0.1) is 11.6 Å². The van der Waals surface area contributed by atoms with Gasteiger partial charge in [-0.15, -0.1) is 0 Å². The van der Waals surface area contributed by atoms with Crippen LogP contribution in [-0.4, -0.2) is 20.7 Å². The van der Waals surface area contributed by atoms with Crippen LogP contribution in [0, 0.1) is 0 Å². The third kappa shape index (κ3) is 2.53. The van der Waals surface area contributed by atoms with E-state index in [-0.39, 0.29) is 16.9 Å². The summed E-state index contributed by atoms with van der Waals surface area (Å²) in [7, 11) is -2.02. The summed E-state index contributed by atoms with van der Waals surface area (Å²) in [6.07, 6.45) is 0.907. The molecule has 0 unspecified atom stereocenters. The Kier molecular flexibility index (Phi) is 4.15. The summed E-state index contributed by atoms with van der Waals surface area (Å²) in [5.41, 5.74) is 1.26. The molecule has 0 aliphatic heterocycles. The van der Waals surface area contributed by atoms with Crippen molar-refractivity contribution in [2.75, 3.05) is 6.61 Å². The van der Waals surface area contributed by atoms with E-state index in [2.05, 4.69) is 61.6 Å². The summed E-state index contributed by atoms with van der Waals surface area (Å²) in [5, 5.41) is 0.984. The van der Waals surface area contributed by atoms with Gasteiger partial charge in [-0.3, -0.25) is 4.79 Å². The van der Waals surface area contributed by atoms with Crippen LogP contribution in [0.3, 0.4) is 0 Å². The van der Waals surface area contributed by atoms with E-state index in [0.29, 0.717) is 6.61 Å². The van der Waals surface area contributed by atoms with Crippen molar-refractivity contribution in [3.63, 3.8) is 0 Å². The van der Waals surface area contributed by atoms with E-state index < -0.39 is 8.07 Å². The molecule has 2 aromatic rings. The van der Waals surface area contributed by atoms with Crippen LogP contribution in [0.1, 0.15) is 24.8 Å². The molecule has 0 N–H and O–H groups in total. The average molecular weight is 324 g/mol. The van der Waals surface area contributed by atoms with Crippen LogP contribution in [0.4, 0.5) is 0 Å². The lowest BCUT2D eigenvalue weighted by Gasteiger charge is -2.33. The zero-order valence-corrected chi connectivity index (χ0v) is 15.1. The highest BCUT2D eigenvalue weighted by atomic mass is 28.3. The number of ether oxygens (including phenoxy) is 1. The van der Waals surface area contributed by atoms with Crippen LogP contribution in [0.2, 0.25) is 18.1 Å². The van der Waals surface area contributed by atoms with Gasteiger partial charge in [-0.05, 0) is 24.8 Å². The maximum Gasteiger partial charge on any atom is 0.310 e. The Morgan fingerprint density at radius 1 is 1.09 bits per heavy atom. The van der Waals surface area contributed by atoms with Crippen molar-refractivity contribution in [2.24, 2.45) is 0 Å². The second-order valence-corrected chi connectivity index (χ2v) is 11.6. The molecule has 1 aliphatic rings. The first-order chi connectivity index (χ1) is 11.0. The molecule has 2 aromatic carbocycles. The molecule has 3 heteroatoms. The van der Waals surface area contributed by atoms with Crippen molar-refractivity contribution >= 4 is 19.2 Å². The van der Waals surface area contributed by atoms with E-state index in [1.54, 1.807) is 0 Å². The summed E-state index contributed by atoms with van der Waals surface area (Å²) >= 11 is 0. The topological polar surface area (TPSA) is 26.3 Å². The fourth-order valence-electron chi connectivity index (χ4n) is 3.89. The Morgan fingerprint density at radius 3 is 2.22 bits per heavy atom. The summed E-state index contributed by atoms with van der Waals surface area (Å²) in [5.74, 6) is 0.277. The zero-order chi connectivity index (χ0) is 16.5. The molecule has 1 saturated carbocycles. The first-order valence-electron chi connectivity index (χ1n) is 8.31. The van der Waals surface area contributed by atoms with Crippen LogP contribution in [-0.2, 0) is 9.53 Å². The molecule has 120 valence electrons. The van der Waals surface area contributed by atoms with Gasteiger partial charge in [0.2, 0.25) is 0 Å². The molecule has 2 nitrogen and oxygen atoms in total. The molecular formula is C20H24O2Si. The van der Waals surface area contributed by atoms with Crippen LogP contribution >= 0.6 is 0 Å². The average Bonchev–Trinajstić information content (AvgIpc) is 3.34. The van der Waals surface area contributed by atoms with E-state index in [9.17, 15) is 4.79 Å². The van der Waals surface area contributed by atoms with Gasteiger partial charge < -0.3 is 4.74 Å². The molecule has 0 radical (unpaired) electrons. The number of esters is 1. The van der Waals surface area contributed by atoms with Crippen molar-refractivity contribution in [3.05, 3.63) is 66.2 Å². The maximum atomic E-state index is 12.9. The Hall–Kier alpha value is -1.87. The number of carbonyl (C=O) groups excluding carboxylic acids is 1. The Morgan fingerprint density at radius 2 is 1.65 bits per heavy atom. The summed E-state index contributed by atoms with van der Waals surface area (Å²) < 4.78 is 5.52. The Labute approximate surface area is 139 Å². The van der Waals surface area contributed by atoms with Gasteiger partial charge in [-0.25, -0.2) is 0 Å². The molecule has 0 saturated heterocycles. The van der Waals surface area contributed by atoms with E-state index in [1.165, 1.54) is 10.8 Å². The van der Waals surface area contributed by atoms with E-state index in [1.807, 2.05) is 19.1 Å². The minimum atomic E-state index is -2.02. The van der Waals surface area contributed by atoms with Gasteiger partial charge >= 0.3 is 5.97 Å². The molecule has 1 aliphatic carbocycles. The van der Waals surface area contributed by atoms with Crippen molar-refractivity contribution in [2.45, 2.75) is 37.4 Å². The standard InChI is InChI=1S/C20H24O2Si/c1-4-22-19(21)20(15-18(20)16-11-7-5-8-12-16)23(2,3)17-13-9-6-10-14-17/h5-14,18H,4,15H2,1-3H3/t18-,20-/m1/s1. The summed E-state index contributed by atoms with van der Waals surface area (Å²) in [6.45, 7) is 6.95. The third-order valence-corrected chi connectivity index (χ3v) is 10.2. The molecule has 3 rings (SSSR count). The molecule has 0 bridgehead atoms. The van der Waals surface area contributed by atoms with Crippen LogP contribution in [0.5, 0.6) is 0 Å². The van der Waals surface area contributed by atoms with Crippen LogP contribution in [0.25, 0.3) is 0 Å². The second kappa shape index (κ2) is 5.97. The number of hydrogen-bond donors (Lipinski definition) is 0. The van der Waals surface area contributed by atoms with Gasteiger partial charge in [0, 0.05) is 0 Å². The molecule has 0 spiro atoms. The lowest BCUT2D eigenvalue weighted by atomic mass is 10.1. The van der Waals surface area contributed by atoms with Gasteiger partial charge in [0.15, 0.2) is 0 Å². The lowest BCUT2D eigenvalue weighted by Crippen LogP contribution is -2.51. The molecular weight excluding hydrogens is 300 g/mol. The monoisotopic (exact) mass is 324 g/mol. The molecule has 1 fully saturated rings. The SMILES string of the molecule is CCOC(=O)[C@@]1([Si](C)(C)c2ccccc2)C[C@@H]1c1ccccc1. The second-order valence-electron chi connectivity index (χ2n) is 6.85. The van der Waals surface area contributed by atoms with Crippen molar-refractivity contribution in [1.29, 1.82) is 0 Å². The highest BCUT2D eigenvalue weighted by Gasteiger charge is 2.70. The van der Waals surface area contributed by atoms with Gasteiger partial charge in [-0.2, -0.15) is 0 Å². The Bertz CT molecular complexity index is 681. The van der Waals surface area contributed by atoms with Gasteiger partial charge in [-0.1, -0.05) is 78.9 Å². The van der Waals surface area contributed by atoms with E-state index in [4.69, 9.17) is 4.74 Å². The largest absolute Gasteiger partial charge is 0.466 e. The number of carbonyl (C=O) groups is 1. The van der Waals surface area contributed by atoms with Crippen molar-refractivity contribution in [1.82, 2.24) is 0 Å². The maximum absolute atomic E-state index is 12.9. The van der Waals surface area contributed by atoms with E-state index >= 15 is 0 Å². The molecule has 0 heterocycles. The first kappa shape index (κ1) is 16.0. The Balaban J connectivity index is 2.03. The molecule has 23 heavy (non-hydrogen) atoms. The highest BCUT2D eigenvalue weighted by molar-refractivity contribution is 6.95. The summed E-state index contributed by atoms with van der Waals surface area (Å²) in [6, 6.07) is 20.9. The van der Waals surface area contributed by atoms with Gasteiger partial charge in [0.25, 0.3) is 0 Å². The minimum Gasteiger partial charge on any atom is -0.466 e. The fourth-order valence-corrected chi connectivity index (χ4v) is 7.77. The number of hydrogen-bond acceptors (Lipinski definition) is 2. The van der Waals surface area contributed by atoms with Crippen molar-refractivity contribution in [3.8, 4) is 0 Å². The van der Waals surface area contributed by atoms with E-state index in [0.717, 1.165) is 6.42 Å². The molecule has 2 atom stereocenters. The normalized spacial score (nSPS) is 23.3. The highest BCUT2D eigenvalue weighted by Crippen LogP contribution is 2.71. The van der Waals surface area contributed by atoms with Crippen LogP contribution < -0.4 is 5.19 Å². The van der Waals surface area contributed by atoms with Crippen LogP contribution in [0.15, 0.2) is 60.7 Å². The molecule has 0 amide bonds. The fraction of sp³-hybridized carbons (Fsp3) is 0.350. The third-order valence-electron chi connectivity index (χ3n) is 5.41. The first-order valence-corrected chi connectivity index (χ1v) is 11.3. The van der Waals surface area contributed by atoms with Crippen molar-refractivity contribution < 1.29 is 9.53 Å². The number of benzene rings is 2. The minimum absolute atomic E-state index is 0.00521. The lowest BCUT2D eigenvalue weighted by molar-refractivity contribution is -0.144. The summed E-state index contributed by atoms with van der Waals surface area (Å²) in [4.78, 5) is 12.9. The molecule has 0 aromatic heterocycles. The quantitative estimate of drug-likeness (QED) is 0.611. The number of rotatable bonds is 5.